The lowest BCUT2D eigenvalue weighted by Gasteiger charge is -2.27. The first-order chi connectivity index (χ1) is 8.49. The van der Waals surface area contributed by atoms with E-state index < -0.39 is 9.84 Å². The van der Waals surface area contributed by atoms with Gasteiger partial charge in [0, 0.05) is 12.6 Å². The number of likely N-dealkylation sites (tertiary alicyclic amines) is 1. The Morgan fingerprint density at radius 1 is 1.33 bits per heavy atom. The summed E-state index contributed by atoms with van der Waals surface area (Å²) in [6.45, 7) is 0.303. The van der Waals surface area contributed by atoms with Gasteiger partial charge in [-0.05, 0) is 18.6 Å². The van der Waals surface area contributed by atoms with E-state index in [0.717, 1.165) is 0 Å². The lowest BCUT2D eigenvalue weighted by Crippen LogP contribution is -2.44. The minimum atomic E-state index is -2.97. The quantitative estimate of drug-likeness (QED) is 0.783. The van der Waals surface area contributed by atoms with Crippen molar-refractivity contribution in [3.63, 3.8) is 0 Å². The van der Waals surface area contributed by atoms with Gasteiger partial charge in [0.05, 0.1) is 21.6 Å². The molecule has 4 nitrogen and oxygen atoms in total. The number of halogens is 1. The van der Waals surface area contributed by atoms with Gasteiger partial charge in [-0.1, -0.05) is 23.7 Å². The van der Waals surface area contributed by atoms with E-state index in [1.54, 1.807) is 29.2 Å². The Bertz CT molecular complexity index is 614. The zero-order chi connectivity index (χ0) is 12.9. The van der Waals surface area contributed by atoms with E-state index in [9.17, 15) is 13.2 Å². The number of nitrogens with zero attached hydrogens (tertiary/aromatic N) is 1. The van der Waals surface area contributed by atoms with Crippen LogP contribution in [0.3, 0.4) is 0 Å². The van der Waals surface area contributed by atoms with Crippen molar-refractivity contribution in [2.24, 2.45) is 0 Å². The summed E-state index contributed by atoms with van der Waals surface area (Å²) in [6.07, 6.45) is 0.568. The van der Waals surface area contributed by atoms with E-state index in [2.05, 4.69) is 0 Å². The molecule has 2 atom stereocenters. The van der Waals surface area contributed by atoms with Crippen LogP contribution >= 0.6 is 11.6 Å². The fraction of sp³-hybridized carbons (Fsp3) is 0.417. The van der Waals surface area contributed by atoms with Crippen molar-refractivity contribution in [3.05, 3.63) is 34.9 Å². The molecule has 96 valence electrons. The molecule has 0 radical (unpaired) electrons. The largest absolute Gasteiger partial charge is 0.333 e. The van der Waals surface area contributed by atoms with E-state index in [-0.39, 0.29) is 23.0 Å². The third-order valence-electron chi connectivity index (χ3n) is 3.67. The normalized spacial score (nSPS) is 28.6. The zero-order valence-electron chi connectivity index (χ0n) is 9.54. The number of carbonyl (C=O) groups is 1. The van der Waals surface area contributed by atoms with Crippen LogP contribution in [0, 0.1) is 0 Å². The lowest BCUT2D eigenvalue weighted by atomic mass is 10.2. The first-order valence-corrected chi connectivity index (χ1v) is 7.85. The highest BCUT2D eigenvalue weighted by Crippen LogP contribution is 2.34. The molecule has 0 saturated carbocycles. The predicted molar refractivity (Wildman–Crippen MR) is 68.5 cm³/mol. The second-order valence-electron chi connectivity index (χ2n) is 4.78. The van der Waals surface area contributed by atoms with Crippen molar-refractivity contribution in [3.8, 4) is 0 Å². The van der Waals surface area contributed by atoms with E-state index in [1.807, 2.05) is 0 Å². The molecule has 1 amide bonds. The number of hydrogen-bond acceptors (Lipinski definition) is 3. The van der Waals surface area contributed by atoms with Crippen LogP contribution in [0.25, 0.3) is 0 Å². The van der Waals surface area contributed by atoms with Crippen LogP contribution in [0.4, 0.5) is 0 Å². The molecule has 0 N–H and O–H groups in total. The molecule has 2 aliphatic rings. The summed E-state index contributed by atoms with van der Waals surface area (Å²) in [4.78, 5) is 14.0. The molecule has 1 aromatic carbocycles. The minimum Gasteiger partial charge on any atom is -0.333 e. The van der Waals surface area contributed by atoms with Crippen LogP contribution in [0.15, 0.2) is 24.3 Å². The first-order valence-electron chi connectivity index (χ1n) is 5.76. The summed E-state index contributed by atoms with van der Waals surface area (Å²) in [5.41, 5.74) is 0.448. The predicted octanol–water partition coefficient (Wildman–Crippen LogP) is 1.35. The Kier molecular flexibility index (Phi) is 2.64. The summed E-state index contributed by atoms with van der Waals surface area (Å²) >= 11 is 5.99. The maximum Gasteiger partial charge on any atom is 0.255 e. The molecule has 0 spiro atoms. The zero-order valence-corrected chi connectivity index (χ0v) is 11.1. The Hall–Kier alpha value is -1.07. The summed E-state index contributed by atoms with van der Waals surface area (Å²) in [6, 6.07) is 6.68. The van der Waals surface area contributed by atoms with Crippen LogP contribution in [-0.2, 0) is 9.84 Å². The average molecular weight is 286 g/mol. The molecule has 6 heteroatoms. The molecule has 2 heterocycles. The number of amides is 1. The highest BCUT2D eigenvalue weighted by Gasteiger charge is 2.50. The standard InChI is InChI=1S/C12H12ClNO3S/c13-11-4-2-1-3-10(11)12(15)14-6-9-5-8(14)7-18(9,16)17/h1-4,8-9H,5-7H2. The van der Waals surface area contributed by atoms with Gasteiger partial charge in [0.15, 0.2) is 9.84 Å². The van der Waals surface area contributed by atoms with Gasteiger partial charge in [-0.25, -0.2) is 8.42 Å². The van der Waals surface area contributed by atoms with Crippen molar-refractivity contribution in [1.82, 2.24) is 4.90 Å². The summed E-state index contributed by atoms with van der Waals surface area (Å²) < 4.78 is 23.3. The number of benzene rings is 1. The first kappa shape index (κ1) is 12.0. The van der Waals surface area contributed by atoms with Crippen molar-refractivity contribution >= 4 is 27.3 Å². The molecular formula is C12H12ClNO3S. The topological polar surface area (TPSA) is 54.5 Å². The van der Waals surface area contributed by atoms with Crippen molar-refractivity contribution in [2.75, 3.05) is 12.3 Å². The fourth-order valence-corrected chi connectivity index (χ4v) is 4.98. The Balaban J connectivity index is 1.87. The third kappa shape index (κ3) is 1.73. The van der Waals surface area contributed by atoms with Gasteiger partial charge in [0.25, 0.3) is 5.91 Å². The molecular weight excluding hydrogens is 274 g/mol. The van der Waals surface area contributed by atoms with Gasteiger partial charge in [0.1, 0.15) is 0 Å². The maximum absolute atomic E-state index is 12.3. The molecule has 0 aliphatic carbocycles. The van der Waals surface area contributed by atoms with E-state index >= 15 is 0 Å². The molecule has 2 saturated heterocycles. The van der Waals surface area contributed by atoms with Crippen molar-refractivity contribution < 1.29 is 13.2 Å². The van der Waals surface area contributed by atoms with Gasteiger partial charge in [-0.2, -0.15) is 0 Å². The Morgan fingerprint density at radius 2 is 2.06 bits per heavy atom. The summed E-state index contributed by atoms with van der Waals surface area (Å²) in [5, 5.41) is 0.0297. The fourth-order valence-electron chi connectivity index (χ4n) is 2.73. The van der Waals surface area contributed by atoms with Crippen LogP contribution in [0.1, 0.15) is 16.8 Å². The van der Waals surface area contributed by atoms with Crippen molar-refractivity contribution in [2.45, 2.75) is 17.7 Å². The number of hydrogen-bond donors (Lipinski definition) is 0. The molecule has 2 bridgehead atoms. The molecule has 0 aromatic heterocycles. The van der Waals surface area contributed by atoms with Gasteiger partial charge in [-0.3, -0.25) is 4.79 Å². The maximum atomic E-state index is 12.3. The number of carbonyl (C=O) groups excluding carboxylic acids is 1. The van der Waals surface area contributed by atoms with E-state index in [4.69, 9.17) is 11.6 Å². The van der Waals surface area contributed by atoms with Gasteiger partial charge in [-0.15, -0.1) is 0 Å². The van der Waals surface area contributed by atoms with Crippen LogP contribution in [-0.4, -0.2) is 42.8 Å². The molecule has 2 fully saturated rings. The molecule has 18 heavy (non-hydrogen) atoms. The summed E-state index contributed by atoms with van der Waals surface area (Å²) in [7, 11) is -2.97. The minimum absolute atomic E-state index is 0.0911. The van der Waals surface area contributed by atoms with E-state index in [0.29, 0.717) is 23.6 Å². The molecule has 2 unspecified atom stereocenters. The average Bonchev–Trinajstić information content (AvgIpc) is 2.84. The van der Waals surface area contributed by atoms with Crippen LogP contribution in [0.2, 0.25) is 5.02 Å². The van der Waals surface area contributed by atoms with Crippen LogP contribution in [0.5, 0.6) is 0 Å². The lowest BCUT2D eigenvalue weighted by molar-refractivity contribution is 0.0746. The number of fused-ring (bicyclic) bond motifs is 2. The summed E-state index contributed by atoms with van der Waals surface area (Å²) in [5.74, 6) is -0.0728. The van der Waals surface area contributed by atoms with Gasteiger partial charge >= 0.3 is 0 Å². The third-order valence-corrected chi connectivity index (χ3v) is 6.21. The number of rotatable bonds is 1. The highest BCUT2D eigenvalue weighted by atomic mass is 35.5. The van der Waals surface area contributed by atoms with Gasteiger partial charge in [0.2, 0.25) is 0 Å². The Labute approximate surface area is 110 Å². The monoisotopic (exact) mass is 285 g/mol. The second kappa shape index (κ2) is 3.96. The smallest absolute Gasteiger partial charge is 0.255 e. The number of sulfone groups is 1. The molecule has 1 aromatic rings. The molecule has 3 rings (SSSR count). The molecule has 2 aliphatic heterocycles. The second-order valence-corrected chi connectivity index (χ2v) is 7.51. The van der Waals surface area contributed by atoms with Crippen LogP contribution < -0.4 is 0 Å². The van der Waals surface area contributed by atoms with E-state index in [1.165, 1.54) is 0 Å². The Morgan fingerprint density at radius 3 is 2.61 bits per heavy atom. The van der Waals surface area contributed by atoms with Crippen molar-refractivity contribution in [1.29, 1.82) is 0 Å². The van der Waals surface area contributed by atoms with Gasteiger partial charge < -0.3 is 4.90 Å². The highest BCUT2D eigenvalue weighted by molar-refractivity contribution is 7.92. The SMILES string of the molecule is O=C(c1ccccc1Cl)N1CC2CC1CS2(=O)=O.